The van der Waals surface area contributed by atoms with Gasteiger partial charge in [0.25, 0.3) is 5.91 Å². The van der Waals surface area contributed by atoms with Crippen LogP contribution in [0.3, 0.4) is 0 Å². The highest BCUT2D eigenvalue weighted by Gasteiger charge is 2.15. The molecular formula is C22H16FN3O2. The summed E-state index contributed by atoms with van der Waals surface area (Å²) in [6.45, 7) is 0.00761. The summed E-state index contributed by atoms with van der Waals surface area (Å²) in [6, 6.07) is 23.3. The van der Waals surface area contributed by atoms with E-state index in [0.717, 1.165) is 16.7 Å². The molecule has 138 valence electrons. The second-order valence-corrected chi connectivity index (χ2v) is 6.11. The Balaban J connectivity index is 1.48. The van der Waals surface area contributed by atoms with Crippen molar-refractivity contribution in [1.29, 1.82) is 0 Å². The van der Waals surface area contributed by atoms with Gasteiger partial charge in [-0.05, 0) is 35.4 Å². The van der Waals surface area contributed by atoms with E-state index in [1.165, 1.54) is 12.1 Å². The Labute approximate surface area is 160 Å². The van der Waals surface area contributed by atoms with Crippen molar-refractivity contribution in [2.45, 2.75) is 6.54 Å². The van der Waals surface area contributed by atoms with Crippen molar-refractivity contribution in [2.75, 3.05) is 0 Å². The zero-order valence-electron chi connectivity index (χ0n) is 14.8. The molecule has 3 aromatic carbocycles. The topological polar surface area (TPSA) is 68.0 Å². The molecule has 0 aliphatic rings. The maximum Gasteiger partial charge on any atom is 0.254 e. The summed E-state index contributed by atoms with van der Waals surface area (Å²) >= 11 is 0. The lowest BCUT2D eigenvalue weighted by Crippen LogP contribution is -2.24. The van der Waals surface area contributed by atoms with Crippen LogP contribution in [0.25, 0.3) is 22.6 Å². The lowest BCUT2D eigenvalue weighted by molar-refractivity contribution is 0.0943. The Bertz CT molecular complexity index is 1100. The van der Waals surface area contributed by atoms with Gasteiger partial charge in [-0.25, -0.2) is 4.39 Å². The predicted octanol–water partition coefficient (Wildman–Crippen LogP) is 4.47. The molecule has 4 aromatic rings. The number of halogens is 1. The van der Waals surface area contributed by atoms with Crippen LogP contribution in [0.2, 0.25) is 0 Å². The lowest BCUT2D eigenvalue weighted by Gasteiger charge is -2.07. The Morgan fingerprint density at radius 2 is 1.54 bits per heavy atom. The van der Waals surface area contributed by atoms with Crippen LogP contribution in [0.4, 0.5) is 4.39 Å². The van der Waals surface area contributed by atoms with E-state index in [1.54, 1.807) is 6.07 Å². The van der Waals surface area contributed by atoms with Crippen molar-refractivity contribution >= 4 is 5.91 Å². The van der Waals surface area contributed by atoms with Gasteiger partial charge in [0.2, 0.25) is 11.8 Å². The zero-order chi connectivity index (χ0) is 19.3. The molecule has 0 fully saturated rings. The molecule has 6 heteroatoms. The van der Waals surface area contributed by atoms with Gasteiger partial charge in [0.1, 0.15) is 5.82 Å². The molecule has 0 bridgehead atoms. The lowest BCUT2D eigenvalue weighted by atomic mass is 10.0. The number of carbonyl (C=O) groups is 1. The quantitative estimate of drug-likeness (QED) is 0.560. The smallest absolute Gasteiger partial charge is 0.254 e. The molecule has 0 spiro atoms. The van der Waals surface area contributed by atoms with Gasteiger partial charge in [0.05, 0.1) is 12.1 Å². The Kier molecular flexibility index (Phi) is 4.93. The molecule has 0 aliphatic carbocycles. The first-order valence-corrected chi connectivity index (χ1v) is 8.72. The average Bonchev–Trinajstić information content (AvgIpc) is 3.23. The summed E-state index contributed by atoms with van der Waals surface area (Å²) in [5.41, 5.74) is 2.41. The minimum Gasteiger partial charge on any atom is -0.419 e. The van der Waals surface area contributed by atoms with Gasteiger partial charge in [-0.3, -0.25) is 4.79 Å². The molecule has 1 aromatic heterocycles. The fourth-order valence-electron chi connectivity index (χ4n) is 2.78. The average molecular weight is 373 g/mol. The van der Waals surface area contributed by atoms with Crippen molar-refractivity contribution in [3.8, 4) is 22.6 Å². The van der Waals surface area contributed by atoms with E-state index < -0.39 is 11.7 Å². The maximum absolute atomic E-state index is 14.2. The van der Waals surface area contributed by atoms with E-state index in [0.29, 0.717) is 5.89 Å². The molecule has 0 aliphatic heterocycles. The van der Waals surface area contributed by atoms with E-state index in [4.69, 9.17) is 4.42 Å². The van der Waals surface area contributed by atoms with Gasteiger partial charge in [-0.15, -0.1) is 10.2 Å². The van der Waals surface area contributed by atoms with E-state index in [1.807, 2.05) is 60.7 Å². The van der Waals surface area contributed by atoms with Gasteiger partial charge in [-0.2, -0.15) is 0 Å². The largest absolute Gasteiger partial charge is 0.419 e. The van der Waals surface area contributed by atoms with Crippen LogP contribution < -0.4 is 5.32 Å². The SMILES string of the molecule is O=C(NCc1nnc(-c2ccccc2)o1)c1cc(-c2ccccc2)ccc1F. The summed E-state index contributed by atoms with van der Waals surface area (Å²) < 4.78 is 19.7. The standard InChI is InChI=1S/C22H16FN3O2/c23-19-12-11-17(15-7-3-1-4-8-15)13-18(19)21(27)24-14-20-25-26-22(28-20)16-9-5-2-6-10-16/h1-13H,14H2,(H,24,27). The molecule has 5 nitrogen and oxygen atoms in total. The number of nitrogens with one attached hydrogen (secondary N) is 1. The molecule has 0 unspecified atom stereocenters. The highest BCUT2D eigenvalue weighted by atomic mass is 19.1. The minimum absolute atomic E-state index is 0.00761. The van der Waals surface area contributed by atoms with Crippen molar-refractivity contribution < 1.29 is 13.6 Å². The Morgan fingerprint density at radius 1 is 0.857 bits per heavy atom. The minimum atomic E-state index is -0.590. The number of aromatic nitrogens is 2. The first-order valence-electron chi connectivity index (χ1n) is 8.72. The van der Waals surface area contributed by atoms with Crippen LogP contribution in [0, 0.1) is 5.82 Å². The second kappa shape index (κ2) is 7.84. The third kappa shape index (κ3) is 3.81. The molecule has 28 heavy (non-hydrogen) atoms. The molecule has 0 saturated heterocycles. The first-order chi connectivity index (χ1) is 13.7. The van der Waals surface area contributed by atoms with E-state index in [2.05, 4.69) is 15.5 Å². The highest BCUT2D eigenvalue weighted by Crippen LogP contribution is 2.22. The van der Waals surface area contributed by atoms with Gasteiger partial charge in [0, 0.05) is 5.56 Å². The van der Waals surface area contributed by atoms with Gasteiger partial charge in [0.15, 0.2) is 0 Å². The fourth-order valence-corrected chi connectivity index (χ4v) is 2.78. The number of rotatable bonds is 5. The predicted molar refractivity (Wildman–Crippen MR) is 103 cm³/mol. The number of amides is 1. The summed E-state index contributed by atoms with van der Waals surface area (Å²) in [6.07, 6.45) is 0. The van der Waals surface area contributed by atoms with Crippen LogP contribution >= 0.6 is 0 Å². The first kappa shape index (κ1) is 17.6. The Morgan fingerprint density at radius 3 is 2.25 bits per heavy atom. The van der Waals surface area contributed by atoms with Crippen molar-refractivity contribution in [2.24, 2.45) is 0 Å². The van der Waals surface area contributed by atoms with E-state index >= 15 is 0 Å². The van der Waals surface area contributed by atoms with Crippen LogP contribution in [0.5, 0.6) is 0 Å². The van der Waals surface area contributed by atoms with Crippen LogP contribution in [0.1, 0.15) is 16.2 Å². The Hall–Kier alpha value is -3.80. The van der Waals surface area contributed by atoms with Crippen LogP contribution in [-0.2, 0) is 6.54 Å². The summed E-state index contributed by atoms with van der Waals surface area (Å²) in [4.78, 5) is 12.5. The van der Waals surface area contributed by atoms with E-state index in [-0.39, 0.29) is 18.0 Å². The molecular weight excluding hydrogens is 357 g/mol. The van der Waals surface area contributed by atoms with Crippen molar-refractivity contribution in [3.05, 3.63) is 96.1 Å². The molecule has 1 heterocycles. The van der Waals surface area contributed by atoms with Crippen molar-refractivity contribution in [3.63, 3.8) is 0 Å². The summed E-state index contributed by atoms with van der Waals surface area (Å²) in [5, 5.41) is 10.5. The number of benzene rings is 3. The normalized spacial score (nSPS) is 10.6. The maximum atomic E-state index is 14.2. The summed E-state index contributed by atoms with van der Waals surface area (Å²) in [7, 11) is 0. The number of hydrogen-bond acceptors (Lipinski definition) is 4. The van der Waals surface area contributed by atoms with Crippen molar-refractivity contribution in [1.82, 2.24) is 15.5 Å². The fraction of sp³-hybridized carbons (Fsp3) is 0.0455. The third-order valence-corrected chi connectivity index (χ3v) is 4.21. The van der Waals surface area contributed by atoms with Gasteiger partial charge in [-0.1, -0.05) is 54.6 Å². The number of nitrogens with zero attached hydrogens (tertiary/aromatic N) is 2. The molecule has 1 N–H and O–H groups in total. The molecule has 0 radical (unpaired) electrons. The van der Waals surface area contributed by atoms with Crippen LogP contribution in [-0.4, -0.2) is 16.1 Å². The molecule has 1 amide bonds. The molecule has 4 rings (SSSR count). The van der Waals surface area contributed by atoms with Gasteiger partial charge < -0.3 is 9.73 Å². The van der Waals surface area contributed by atoms with Crippen LogP contribution in [0.15, 0.2) is 83.3 Å². The zero-order valence-corrected chi connectivity index (χ0v) is 14.8. The second-order valence-electron chi connectivity index (χ2n) is 6.11. The number of hydrogen-bond donors (Lipinski definition) is 1. The number of carbonyl (C=O) groups excluding carboxylic acids is 1. The third-order valence-electron chi connectivity index (χ3n) is 4.21. The van der Waals surface area contributed by atoms with Gasteiger partial charge >= 0.3 is 0 Å². The highest BCUT2D eigenvalue weighted by molar-refractivity contribution is 5.95. The summed E-state index contributed by atoms with van der Waals surface area (Å²) in [5.74, 6) is -0.531. The molecule has 0 saturated carbocycles. The molecule has 0 atom stereocenters. The monoisotopic (exact) mass is 373 g/mol. The van der Waals surface area contributed by atoms with E-state index in [9.17, 15) is 9.18 Å².